The number of hydrogen-bond acceptors (Lipinski definition) is 4. The van der Waals surface area contributed by atoms with Gasteiger partial charge in [0.05, 0.1) is 12.0 Å². The summed E-state index contributed by atoms with van der Waals surface area (Å²) < 4.78 is 34.2. The third kappa shape index (κ3) is 4.37. The van der Waals surface area contributed by atoms with Crippen LogP contribution in [0.4, 0.5) is 5.82 Å². The minimum absolute atomic E-state index is 0.143. The largest absolute Gasteiger partial charge is 0.497 e. The van der Waals surface area contributed by atoms with Gasteiger partial charge >= 0.3 is 0 Å². The van der Waals surface area contributed by atoms with Gasteiger partial charge in [-0.1, -0.05) is 24.6 Å². The number of rotatable bonds is 7. The maximum Gasteiger partial charge on any atom is 0.256 e. The smallest absolute Gasteiger partial charge is 0.256 e. The van der Waals surface area contributed by atoms with Crippen LogP contribution in [0.25, 0.3) is 0 Å². The van der Waals surface area contributed by atoms with E-state index in [1.807, 2.05) is 25.3 Å². The molecule has 31 heavy (non-hydrogen) atoms. The van der Waals surface area contributed by atoms with Crippen LogP contribution in [0.3, 0.4) is 0 Å². The van der Waals surface area contributed by atoms with Crippen LogP contribution in [0.1, 0.15) is 40.5 Å². The Morgan fingerprint density at radius 3 is 2.16 bits per heavy atom. The molecule has 0 fully saturated rings. The molecule has 0 aliphatic heterocycles. The lowest BCUT2D eigenvalue weighted by Crippen LogP contribution is -2.18. The molecule has 164 valence electrons. The molecule has 1 amide bonds. The average molecular weight is 441 g/mol. The quantitative estimate of drug-likeness (QED) is 0.566. The predicted molar refractivity (Wildman–Crippen MR) is 122 cm³/mol. The zero-order chi connectivity index (χ0) is 22.8. The monoisotopic (exact) mass is 440 g/mol. The van der Waals surface area contributed by atoms with E-state index in [0.717, 1.165) is 17.7 Å². The first-order valence-electron chi connectivity index (χ1n) is 10.2. The van der Waals surface area contributed by atoms with E-state index >= 15 is 0 Å². The second kappa shape index (κ2) is 8.98. The Balaban J connectivity index is 2.12. The number of hydrogen-bond donors (Lipinski definition) is 1. The van der Waals surface area contributed by atoms with Crippen molar-refractivity contribution in [3.05, 3.63) is 70.9 Å². The Kier molecular flexibility index (Phi) is 6.55. The van der Waals surface area contributed by atoms with E-state index in [2.05, 4.69) is 5.32 Å². The van der Waals surface area contributed by atoms with Gasteiger partial charge in [0.15, 0.2) is 0 Å². The molecule has 7 heteroatoms. The molecule has 0 aliphatic rings. The van der Waals surface area contributed by atoms with Crippen LogP contribution in [-0.2, 0) is 16.4 Å². The van der Waals surface area contributed by atoms with Gasteiger partial charge in [0.25, 0.3) is 5.91 Å². The van der Waals surface area contributed by atoms with Crippen LogP contribution in [-0.4, -0.2) is 26.0 Å². The number of nitrogens with zero attached hydrogens (tertiary/aromatic N) is 1. The van der Waals surface area contributed by atoms with Crippen molar-refractivity contribution >= 4 is 21.6 Å². The van der Waals surface area contributed by atoms with E-state index in [9.17, 15) is 13.2 Å². The van der Waals surface area contributed by atoms with E-state index in [4.69, 9.17) is 4.74 Å². The maximum absolute atomic E-state index is 13.6. The van der Waals surface area contributed by atoms with Crippen molar-refractivity contribution in [2.75, 3.05) is 12.4 Å². The van der Waals surface area contributed by atoms with Gasteiger partial charge in [-0.15, -0.1) is 0 Å². The summed E-state index contributed by atoms with van der Waals surface area (Å²) in [5.41, 5.74) is 2.85. The van der Waals surface area contributed by atoms with Gasteiger partial charge in [0, 0.05) is 17.8 Å². The number of carbonyl (C=O) groups is 1. The van der Waals surface area contributed by atoms with Crippen LogP contribution in [0.5, 0.6) is 5.75 Å². The van der Waals surface area contributed by atoms with Gasteiger partial charge in [-0.2, -0.15) is 0 Å². The zero-order valence-electron chi connectivity index (χ0n) is 18.5. The van der Waals surface area contributed by atoms with Gasteiger partial charge in [-0.25, -0.2) is 8.42 Å². The molecule has 0 atom stereocenters. The van der Waals surface area contributed by atoms with Crippen molar-refractivity contribution in [2.24, 2.45) is 0 Å². The maximum atomic E-state index is 13.6. The van der Waals surface area contributed by atoms with E-state index in [-0.39, 0.29) is 15.7 Å². The second-order valence-corrected chi connectivity index (χ2v) is 9.43. The molecule has 0 saturated heterocycles. The molecule has 6 nitrogen and oxygen atoms in total. The van der Waals surface area contributed by atoms with E-state index in [0.29, 0.717) is 29.2 Å². The van der Waals surface area contributed by atoms with Gasteiger partial charge in [0.1, 0.15) is 16.5 Å². The summed E-state index contributed by atoms with van der Waals surface area (Å²) >= 11 is 0. The summed E-state index contributed by atoms with van der Waals surface area (Å²) in [6.45, 7) is 8.17. The van der Waals surface area contributed by atoms with Crippen molar-refractivity contribution in [3.63, 3.8) is 0 Å². The third-order valence-electron chi connectivity index (χ3n) is 5.40. The summed E-state index contributed by atoms with van der Waals surface area (Å²) in [4.78, 5) is 13.3. The fourth-order valence-electron chi connectivity index (χ4n) is 3.55. The van der Waals surface area contributed by atoms with Crippen molar-refractivity contribution in [3.8, 4) is 5.75 Å². The van der Waals surface area contributed by atoms with Crippen LogP contribution >= 0.6 is 0 Å². The molecular weight excluding hydrogens is 412 g/mol. The molecule has 0 bridgehead atoms. The standard InChI is InChI=1S/C24H28N2O4S/c1-6-15-26-18(4)17(3)22(31(28,29)21-13-7-16(2)8-14-21)23(26)25-24(27)19-9-11-20(30-5)12-10-19/h7-14H,6,15H2,1-5H3,(H,25,27). The molecule has 1 N–H and O–H groups in total. The van der Waals surface area contributed by atoms with Crippen molar-refractivity contribution < 1.29 is 17.9 Å². The third-order valence-corrected chi connectivity index (χ3v) is 7.33. The van der Waals surface area contributed by atoms with Crippen LogP contribution in [0.15, 0.2) is 58.3 Å². The lowest BCUT2D eigenvalue weighted by atomic mass is 10.2. The summed E-state index contributed by atoms with van der Waals surface area (Å²) in [5.74, 6) is 0.566. The number of anilines is 1. The van der Waals surface area contributed by atoms with E-state index in [1.165, 1.54) is 0 Å². The van der Waals surface area contributed by atoms with Gasteiger partial charge in [0.2, 0.25) is 9.84 Å². The Hall–Kier alpha value is -3.06. The Morgan fingerprint density at radius 2 is 1.61 bits per heavy atom. The van der Waals surface area contributed by atoms with Crippen molar-refractivity contribution in [2.45, 2.75) is 50.5 Å². The van der Waals surface area contributed by atoms with Gasteiger partial charge in [-0.3, -0.25) is 4.79 Å². The number of methoxy groups -OCH3 is 1. The number of ether oxygens (including phenoxy) is 1. The highest BCUT2D eigenvalue weighted by molar-refractivity contribution is 7.91. The Morgan fingerprint density at radius 1 is 1.00 bits per heavy atom. The Bertz CT molecular complexity index is 1190. The highest BCUT2D eigenvalue weighted by atomic mass is 32.2. The van der Waals surface area contributed by atoms with Crippen LogP contribution < -0.4 is 10.1 Å². The van der Waals surface area contributed by atoms with E-state index < -0.39 is 9.84 Å². The molecular formula is C24H28N2O4S. The first kappa shape index (κ1) is 22.6. The molecule has 0 saturated carbocycles. The zero-order valence-corrected chi connectivity index (χ0v) is 19.3. The average Bonchev–Trinajstić information content (AvgIpc) is 2.99. The van der Waals surface area contributed by atoms with Crippen molar-refractivity contribution in [1.29, 1.82) is 0 Å². The predicted octanol–water partition coefficient (Wildman–Crippen LogP) is 4.92. The lowest BCUT2D eigenvalue weighted by molar-refractivity contribution is 0.102. The highest BCUT2D eigenvalue weighted by Crippen LogP contribution is 2.36. The summed E-state index contributed by atoms with van der Waals surface area (Å²) in [6.07, 6.45) is 0.796. The normalized spacial score (nSPS) is 11.4. The number of nitrogens with one attached hydrogen (secondary N) is 1. The molecule has 0 unspecified atom stereocenters. The molecule has 1 heterocycles. The topological polar surface area (TPSA) is 77.4 Å². The molecule has 3 aromatic rings. The number of amides is 1. The fourth-order valence-corrected chi connectivity index (χ4v) is 5.24. The number of carbonyl (C=O) groups excluding carboxylic acids is 1. The molecule has 0 spiro atoms. The van der Waals surface area contributed by atoms with Crippen molar-refractivity contribution in [1.82, 2.24) is 4.57 Å². The Labute approximate surface area is 183 Å². The first-order chi connectivity index (χ1) is 14.7. The summed E-state index contributed by atoms with van der Waals surface area (Å²) in [6, 6.07) is 13.4. The lowest BCUT2D eigenvalue weighted by Gasteiger charge is -2.14. The SMILES string of the molecule is CCCn1c(C)c(C)c(S(=O)(=O)c2ccc(C)cc2)c1NC(=O)c1ccc(OC)cc1. The highest BCUT2D eigenvalue weighted by Gasteiger charge is 2.30. The number of sulfone groups is 1. The first-order valence-corrected chi connectivity index (χ1v) is 11.7. The fraction of sp³-hybridized carbons (Fsp3) is 0.292. The molecule has 0 radical (unpaired) electrons. The minimum Gasteiger partial charge on any atom is -0.497 e. The molecule has 0 aliphatic carbocycles. The minimum atomic E-state index is -3.83. The van der Waals surface area contributed by atoms with Gasteiger partial charge in [-0.05, 0) is 69.2 Å². The van der Waals surface area contributed by atoms with Crippen LogP contribution in [0.2, 0.25) is 0 Å². The summed E-state index contributed by atoms with van der Waals surface area (Å²) in [7, 11) is -2.28. The molecule has 1 aromatic heterocycles. The molecule has 2 aromatic carbocycles. The second-order valence-electron chi connectivity index (χ2n) is 7.54. The molecule has 3 rings (SSSR count). The van der Waals surface area contributed by atoms with Gasteiger partial charge < -0.3 is 14.6 Å². The van der Waals surface area contributed by atoms with E-state index in [1.54, 1.807) is 62.6 Å². The van der Waals surface area contributed by atoms with Crippen LogP contribution in [0, 0.1) is 20.8 Å². The number of benzene rings is 2. The summed E-state index contributed by atoms with van der Waals surface area (Å²) in [5, 5.41) is 2.87. The number of aromatic nitrogens is 1. The number of aryl methyl sites for hydroxylation is 1.